The van der Waals surface area contributed by atoms with Crippen molar-refractivity contribution in [2.45, 2.75) is 56.9 Å². The van der Waals surface area contributed by atoms with Crippen molar-refractivity contribution >= 4 is 22.8 Å². The van der Waals surface area contributed by atoms with Crippen LogP contribution in [-0.4, -0.2) is 26.6 Å². The molecule has 21 heavy (non-hydrogen) atoms. The quantitative estimate of drug-likeness (QED) is 0.809. The maximum atomic E-state index is 6.38. The van der Waals surface area contributed by atoms with Crippen LogP contribution in [0.3, 0.4) is 0 Å². The Kier molecular flexibility index (Phi) is 3.78. The van der Waals surface area contributed by atoms with E-state index in [9.17, 15) is 0 Å². The van der Waals surface area contributed by atoms with Gasteiger partial charge in [-0.05, 0) is 26.7 Å². The minimum atomic E-state index is -0.178. The summed E-state index contributed by atoms with van der Waals surface area (Å²) in [5, 5.41) is -0.178. The maximum absolute atomic E-state index is 6.38. The van der Waals surface area contributed by atoms with Crippen LogP contribution in [0.4, 0.5) is 0 Å². The summed E-state index contributed by atoms with van der Waals surface area (Å²) in [7, 11) is 1.60. The SMILES string of the molecule is COc1ncnc2c1nc(C(C)Cl)n2C1(C)CCCCC1. The van der Waals surface area contributed by atoms with Gasteiger partial charge in [-0.3, -0.25) is 0 Å². The summed E-state index contributed by atoms with van der Waals surface area (Å²) in [6.45, 7) is 4.23. The van der Waals surface area contributed by atoms with Crippen LogP contribution >= 0.6 is 11.6 Å². The monoisotopic (exact) mass is 308 g/mol. The largest absolute Gasteiger partial charge is 0.479 e. The van der Waals surface area contributed by atoms with E-state index in [1.807, 2.05) is 6.92 Å². The third-order valence-corrected chi connectivity index (χ3v) is 4.65. The van der Waals surface area contributed by atoms with Crippen LogP contribution < -0.4 is 4.74 Å². The number of rotatable bonds is 3. The van der Waals surface area contributed by atoms with E-state index in [2.05, 4.69) is 26.4 Å². The van der Waals surface area contributed by atoms with Crippen LogP contribution in [0, 0.1) is 0 Å². The molecule has 0 amide bonds. The molecule has 0 aliphatic heterocycles. The number of hydrogen-bond acceptors (Lipinski definition) is 4. The molecule has 2 aromatic heterocycles. The fraction of sp³-hybridized carbons (Fsp3) is 0.667. The van der Waals surface area contributed by atoms with Gasteiger partial charge >= 0.3 is 0 Å². The zero-order valence-electron chi connectivity index (χ0n) is 12.8. The number of alkyl halides is 1. The van der Waals surface area contributed by atoms with E-state index >= 15 is 0 Å². The lowest BCUT2D eigenvalue weighted by molar-refractivity contribution is 0.218. The average molecular weight is 309 g/mol. The summed E-state index contributed by atoms with van der Waals surface area (Å²) < 4.78 is 7.55. The van der Waals surface area contributed by atoms with E-state index in [1.54, 1.807) is 7.11 Å². The van der Waals surface area contributed by atoms with Crippen molar-refractivity contribution in [3.63, 3.8) is 0 Å². The van der Waals surface area contributed by atoms with E-state index in [0.717, 1.165) is 24.3 Å². The van der Waals surface area contributed by atoms with Crippen molar-refractivity contribution in [3.05, 3.63) is 12.2 Å². The van der Waals surface area contributed by atoms with Crippen LogP contribution in [-0.2, 0) is 5.54 Å². The first-order valence-electron chi connectivity index (χ1n) is 7.49. The summed E-state index contributed by atoms with van der Waals surface area (Å²) in [5.74, 6) is 1.37. The fourth-order valence-electron chi connectivity index (χ4n) is 3.37. The van der Waals surface area contributed by atoms with E-state index in [-0.39, 0.29) is 10.9 Å². The number of fused-ring (bicyclic) bond motifs is 1. The number of ether oxygens (including phenoxy) is 1. The highest BCUT2D eigenvalue weighted by Crippen LogP contribution is 2.40. The summed E-state index contributed by atoms with van der Waals surface area (Å²) in [6, 6.07) is 0. The Morgan fingerprint density at radius 2 is 2.00 bits per heavy atom. The normalized spacial score (nSPS) is 19.6. The van der Waals surface area contributed by atoms with Crippen LogP contribution in [0.15, 0.2) is 6.33 Å². The lowest BCUT2D eigenvalue weighted by Gasteiger charge is -2.36. The van der Waals surface area contributed by atoms with Gasteiger partial charge in [0.05, 0.1) is 12.5 Å². The molecule has 2 aromatic rings. The van der Waals surface area contributed by atoms with Gasteiger partial charge in [-0.2, -0.15) is 4.98 Å². The number of aromatic nitrogens is 4. The molecule has 0 aromatic carbocycles. The van der Waals surface area contributed by atoms with E-state index in [4.69, 9.17) is 16.3 Å². The van der Waals surface area contributed by atoms with Gasteiger partial charge in [0, 0.05) is 5.54 Å². The van der Waals surface area contributed by atoms with Gasteiger partial charge in [-0.1, -0.05) is 19.3 Å². The van der Waals surface area contributed by atoms with Crippen molar-refractivity contribution in [3.8, 4) is 5.88 Å². The molecule has 2 heterocycles. The standard InChI is InChI=1S/C15H21ClN4O/c1-10(16)12-19-11-13(17-9-18-14(11)21-3)20(12)15(2)7-5-4-6-8-15/h9-10H,4-8H2,1-3H3. The molecule has 5 nitrogen and oxygen atoms in total. The summed E-state index contributed by atoms with van der Waals surface area (Å²) in [6.07, 6.45) is 7.55. The number of imidazole rings is 1. The van der Waals surface area contributed by atoms with Crippen molar-refractivity contribution in [2.75, 3.05) is 7.11 Å². The molecule has 1 atom stereocenters. The maximum Gasteiger partial charge on any atom is 0.245 e. The Hall–Kier alpha value is -1.36. The van der Waals surface area contributed by atoms with Gasteiger partial charge in [-0.15, -0.1) is 11.6 Å². The van der Waals surface area contributed by atoms with Crippen LogP contribution in [0.25, 0.3) is 11.2 Å². The topological polar surface area (TPSA) is 52.8 Å². The second-order valence-electron chi connectivity index (χ2n) is 6.03. The molecular weight excluding hydrogens is 288 g/mol. The molecular formula is C15H21ClN4O. The smallest absolute Gasteiger partial charge is 0.245 e. The molecule has 114 valence electrons. The van der Waals surface area contributed by atoms with Crippen LogP contribution in [0.1, 0.15) is 57.2 Å². The molecule has 0 radical (unpaired) electrons. The third kappa shape index (κ3) is 2.37. The first kappa shape index (κ1) is 14.6. The van der Waals surface area contributed by atoms with E-state index in [1.165, 1.54) is 25.6 Å². The molecule has 0 N–H and O–H groups in total. The Morgan fingerprint density at radius 3 is 2.62 bits per heavy atom. The summed E-state index contributed by atoms with van der Waals surface area (Å²) in [4.78, 5) is 13.3. The number of nitrogens with zero attached hydrogens (tertiary/aromatic N) is 4. The van der Waals surface area contributed by atoms with Crippen molar-refractivity contribution in [1.82, 2.24) is 19.5 Å². The van der Waals surface area contributed by atoms with Crippen molar-refractivity contribution in [2.24, 2.45) is 0 Å². The van der Waals surface area contributed by atoms with Crippen molar-refractivity contribution < 1.29 is 4.74 Å². The summed E-state index contributed by atoms with van der Waals surface area (Å²) in [5.41, 5.74) is 1.55. The number of halogens is 1. The average Bonchev–Trinajstić information content (AvgIpc) is 2.88. The van der Waals surface area contributed by atoms with Gasteiger partial charge in [-0.25, -0.2) is 9.97 Å². The van der Waals surface area contributed by atoms with Gasteiger partial charge in [0.2, 0.25) is 5.88 Å². The predicted molar refractivity (Wildman–Crippen MR) is 82.9 cm³/mol. The zero-order chi connectivity index (χ0) is 15.0. The highest BCUT2D eigenvalue weighted by Gasteiger charge is 2.34. The fourth-order valence-corrected chi connectivity index (χ4v) is 3.52. The second-order valence-corrected chi connectivity index (χ2v) is 6.69. The van der Waals surface area contributed by atoms with E-state index in [0.29, 0.717) is 11.4 Å². The molecule has 1 fully saturated rings. The highest BCUT2D eigenvalue weighted by atomic mass is 35.5. The predicted octanol–water partition coefficient (Wildman–Crippen LogP) is 3.81. The minimum Gasteiger partial charge on any atom is -0.479 e. The first-order chi connectivity index (χ1) is 10.1. The molecule has 1 saturated carbocycles. The zero-order valence-corrected chi connectivity index (χ0v) is 13.5. The number of methoxy groups -OCH3 is 1. The molecule has 3 rings (SSSR count). The van der Waals surface area contributed by atoms with Crippen LogP contribution in [0.5, 0.6) is 5.88 Å². The Balaban J connectivity index is 2.26. The van der Waals surface area contributed by atoms with Gasteiger partial charge in [0.15, 0.2) is 11.2 Å². The highest BCUT2D eigenvalue weighted by molar-refractivity contribution is 6.20. The molecule has 0 bridgehead atoms. The van der Waals surface area contributed by atoms with Gasteiger partial charge < -0.3 is 9.30 Å². The number of hydrogen-bond donors (Lipinski definition) is 0. The van der Waals surface area contributed by atoms with Crippen LogP contribution in [0.2, 0.25) is 0 Å². The second kappa shape index (κ2) is 5.44. The van der Waals surface area contributed by atoms with Gasteiger partial charge in [0.1, 0.15) is 12.2 Å². The third-order valence-electron chi connectivity index (χ3n) is 4.46. The molecule has 0 saturated heterocycles. The molecule has 1 aliphatic carbocycles. The van der Waals surface area contributed by atoms with Crippen molar-refractivity contribution in [1.29, 1.82) is 0 Å². The minimum absolute atomic E-state index is 0.0187. The Bertz CT molecular complexity index is 646. The molecule has 1 aliphatic rings. The summed E-state index contributed by atoms with van der Waals surface area (Å²) >= 11 is 6.38. The lowest BCUT2D eigenvalue weighted by atomic mass is 9.83. The van der Waals surface area contributed by atoms with Gasteiger partial charge in [0.25, 0.3) is 0 Å². The molecule has 1 unspecified atom stereocenters. The Morgan fingerprint density at radius 1 is 1.29 bits per heavy atom. The lowest BCUT2D eigenvalue weighted by Crippen LogP contribution is -2.34. The van der Waals surface area contributed by atoms with E-state index < -0.39 is 0 Å². The first-order valence-corrected chi connectivity index (χ1v) is 7.92. The Labute approximate surface area is 129 Å². The molecule has 6 heteroatoms. The molecule has 0 spiro atoms.